The van der Waals surface area contributed by atoms with Gasteiger partial charge in [0.25, 0.3) is 0 Å². The van der Waals surface area contributed by atoms with Crippen molar-refractivity contribution in [1.29, 1.82) is 0 Å². The summed E-state index contributed by atoms with van der Waals surface area (Å²) in [5.74, 6) is 0.703. The Bertz CT molecular complexity index is 910. The number of nitrogens with zero attached hydrogens (tertiary/aromatic N) is 4. The normalized spacial score (nSPS) is 10.8. The zero-order valence-corrected chi connectivity index (χ0v) is 15.9. The smallest absolute Gasteiger partial charge is 0.229 e. The van der Waals surface area contributed by atoms with Gasteiger partial charge in [-0.05, 0) is 29.7 Å². The van der Waals surface area contributed by atoms with E-state index in [0.29, 0.717) is 12.3 Å². The van der Waals surface area contributed by atoms with Crippen LogP contribution in [0.15, 0.2) is 66.0 Å². The van der Waals surface area contributed by atoms with Gasteiger partial charge in [0.1, 0.15) is 12.1 Å². The molecule has 0 aliphatic rings. The summed E-state index contributed by atoms with van der Waals surface area (Å²) >= 11 is 0. The van der Waals surface area contributed by atoms with Crippen LogP contribution in [0.3, 0.4) is 0 Å². The number of hydrazone groups is 1. The fraction of sp³-hybridized carbons (Fsp3) is 0.190. The van der Waals surface area contributed by atoms with Gasteiger partial charge in [-0.15, -0.1) is 0 Å². The molecule has 28 heavy (non-hydrogen) atoms. The average molecular weight is 377 g/mol. The first-order valence-corrected chi connectivity index (χ1v) is 8.91. The molecule has 0 aliphatic carbocycles. The number of nitrogens with one attached hydrogen (secondary N) is 1. The predicted octanol–water partition coefficient (Wildman–Crippen LogP) is 3.17. The summed E-state index contributed by atoms with van der Waals surface area (Å²) in [7, 11) is 3.49. The van der Waals surface area contributed by atoms with Gasteiger partial charge in [0, 0.05) is 25.4 Å². The lowest BCUT2D eigenvalue weighted by molar-refractivity contribution is -0.118. The van der Waals surface area contributed by atoms with Crippen LogP contribution in [0.4, 0.5) is 5.69 Å². The molecule has 7 nitrogen and oxygen atoms in total. The zero-order chi connectivity index (χ0) is 19.8. The number of amides is 1. The lowest BCUT2D eigenvalue weighted by atomic mass is 10.1. The molecule has 7 heteroatoms. The van der Waals surface area contributed by atoms with Crippen molar-refractivity contribution in [1.82, 2.24) is 15.2 Å². The van der Waals surface area contributed by atoms with E-state index in [1.807, 2.05) is 66.7 Å². The van der Waals surface area contributed by atoms with Crippen molar-refractivity contribution in [2.45, 2.75) is 6.42 Å². The van der Waals surface area contributed by atoms with Crippen molar-refractivity contribution >= 4 is 18.4 Å². The van der Waals surface area contributed by atoms with Gasteiger partial charge in [0.15, 0.2) is 0 Å². The molecule has 0 saturated heterocycles. The number of hydrogen-bond acceptors (Lipinski definition) is 4. The largest absolute Gasteiger partial charge is 0.495 e. The number of methoxy groups -OCH3 is 1. The topological polar surface area (TPSA) is 73.8 Å². The van der Waals surface area contributed by atoms with Gasteiger partial charge >= 0.3 is 0 Å². The zero-order valence-electron chi connectivity index (χ0n) is 15.9. The lowest BCUT2D eigenvalue weighted by Crippen LogP contribution is -2.23. The second kappa shape index (κ2) is 9.36. The monoisotopic (exact) mass is 377 g/mol. The van der Waals surface area contributed by atoms with Crippen LogP contribution in [-0.4, -0.2) is 48.7 Å². The van der Waals surface area contributed by atoms with Crippen LogP contribution in [0.5, 0.6) is 5.75 Å². The number of H-pyrrole nitrogens is 1. The van der Waals surface area contributed by atoms with Crippen LogP contribution < -0.4 is 9.64 Å². The highest BCUT2D eigenvalue weighted by Crippen LogP contribution is 2.32. The minimum absolute atomic E-state index is 0.508. The van der Waals surface area contributed by atoms with Crippen molar-refractivity contribution < 1.29 is 9.53 Å². The summed E-state index contributed by atoms with van der Waals surface area (Å²) in [6, 6.07) is 15.9. The van der Waals surface area contributed by atoms with E-state index in [-0.39, 0.29) is 0 Å². The molecule has 0 bridgehead atoms. The summed E-state index contributed by atoms with van der Waals surface area (Å²) in [4.78, 5) is 13.2. The lowest BCUT2D eigenvalue weighted by Gasteiger charge is -2.19. The molecule has 1 N–H and O–H groups in total. The van der Waals surface area contributed by atoms with E-state index in [1.165, 1.54) is 5.01 Å². The number of rotatable bonds is 9. The number of aromatic nitrogens is 2. The van der Waals surface area contributed by atoms with Crippen LogP contribution >= 0.6 is 0 Å². The number of benzene rings is 2. The maximum absolute atomic E-state index is 11.3. The van der Waals surface area contributed by atoms with Crippen LogP contribution in [0.25, 0.3) is 11.1 Å². The minimum Gasteiger partial charge on any atom is -0.495 e. The number of aromatic amines is 1. The second-order valence-electron chi connectivity index (χ2n) is 6.22. The summed E-state index contributed by atoms with van der Waals surface area (Å²) in [6.45, 7) is 0.508. The van der Waals surface area contributed by atoms with Crippen LogP contribution in [0.2, 0.25) is 0 Å². The van der Waals surface area contributed by atoms with Crippen LogP contribution in [0, 0.1) is 0 Å². The third kappa shape index (κ3) is 4.76. The summed E-state index contributed by atoms with van der Waals surface area (Å²) < 4.78 is 5.53. The first-order chi connectivity index (χ1) is 13.7. The molecule has 144 valence electrons. The third-order valence-electron chi connectivity index (χ3n) is 4.36. The second-order valence-corrected chi connectivity index (χ2v) is 6.22. The van der Waals surface area contributed by atoms with E-state index < -0.39 is 0 Å². The Labute approximate surface area is 164 Å². The van der Waals surface area contributed by atoms with Gasteiger partial charge in [0.2, 0.25) is 6.41 Å². The molecule has 0 unspecified atom stereocenters. The van der Waals surface area contributed by atoms with E-state index in [2.05, 4.69) is 15.3 Å². The highest BCUT2D eigenvalue weighted by atomic mass is 16.5. The molecule has 3 aromatic rings. The van der Waals surface area contributed by atoms with E-state index in [4.69, 9.17) is 4.74 Å². The van der Waals surface area contributed by atoms with Crippen LogP contribution in [0.1, 0.15) is 5.56 Å². The van der Waals surface area contributed by atoms with Gasteiger partial charge in [-0.2, -0.15) is 10.2 Å². The molecule has 1 amide bonds. The predicted molar refractivity (Wildman–Crippen MR) is 110 cm³/mol. The van der Waals surface area contributed by atoms with Crippen molar-refractivity contribution in [3.63, 3.8) is 0 Å². The van der Waals surface area contributed by atoms with Crippen LogP contribution in [-0.2, 0) is 11.2 Å². The molecule has 0 aliphatic heterocycles. The molecule has 0 fully saturated rings. The highest BCUT2D eigenvalue weighted by Gasteiger charge is 2.10. The van der Waals surface area contributed by atoms with Gasteiger partial charge in [-0.1, -0.05) is 36.4 Å². The SMILES string of the molecule is COc1cc(-c2cn[nH]c2)ccc1N(C)/C=N\N(C=O)CCc1ccccc1. The van der Waals surface area contributed by atoms with Gasteiger partial charge < -0.3 is 9.64 Å². The molecule has 0 saturated carbocycles. The standard InChI is InChI=1S/C21H23N5O2/c1-25(15-24-26(16-27)11-10-17-6-4-3-5-7-17)20-9-8-18(12-21(20)28-2)19-13-22-23-14-19/h3-9,12-16H,10-11H2,1-2H3,(H,22,23)/b24-15-. The fourth-order valence-electron chi connectivity index (χ4n) is 2.79. The number of hydrogen-bond donors (Lipinski definition) is 1. The van der Waals surface area contributed by atoms with Gasteiger partial charge in [0.05, 0.1) is 19.0 Å². The Morgan fingerprint density at radius 1 is 1.18 bits per heavy atom. The number of anilines is 1. The molecular formula is C21H23N5O2. The molecule has 1 heterocycles. The Hall–Kier alpha value is -3.61. The summed E-state index contributed by atoms with van der Waals surface area (Å²) in [5.41, 5.74) is 3.98. The first kappa shape index (κ1) is 19.2. The van der Waals surface area contributed by atoms with Crippen molar-refractivity contribution in [3.05, 3.63) is 66.5 Å². The molecule has 0 spiro atoms. The number of carbonyl (C=O) groups is 1. The maximum Gasteiger partial charge on any atom is 0.229 e. The molecule has 2 aromatic carbocycles. The fourth-order valence-corrected chi connectivity index (χ4v) is 2.79. The Morgan fingerprint density at radius 3 is 2.68 bits per heavy atom. The van der Waals surface area contributed by atoms with Crippen molar-refractivity contribution in [2.24, 2.45) is 5.10 Å². The third-order valence-corrected chi connectivity index (χ3v) is 4.36. The van der Waals surface area contributed by atoms with Gasteiger partial charge in [-0.25, -0.2) is 5.01 Å². The number of ether oxygens (including phenoxy) is 1. The van der Waals surface area contributed by atoms with E-state index >= 15 is 0 Å². The number of carbonyl (C=O) groups excluding carboxylic acids is 1. The molecule has 0 radical (unpaired) electrons. The molecule has 3 rings (SSSR count). The van der Waals surface area contributed by atoms with Crippen molar-refractivity contribution in [2.75, 3.05) is 25.6 Å². The van der Waals surface area contributed by atoms with E-state index in [1.54, 1.807) is 19.6 Å². The molecule has 0 atom stereocenters. The van der Waals surface area contributed by atoms with E-state index in [0.717, 1.165) is 35.2 Å². The highest BCUT2D eigenvalue weighted by molar-refractivity contribution is 5.83. The maximum atomic E-state index is 11.3. The first-order valence-electron chi connectivity index (χ1n) is 8.91. The minimum atomic E-state index is 0.508. The molecular weight excluding hydrogens is 354 g/mol. The van der Waals surface area contributed by atoms with Gasteiger partial charge in [-0.3, -0.25) is 9.89 Å². The Kier molecular flexibility index (Phi) is 6.41. The Balaban J connectivity index is 1.68. The molecule has 1 aromatic heterocycles. The average Bonchev–Trinajstić information content (AvgIpc) is 3.29. The quantitative estimate of drug-likeness (QED) is 0.269. The summed E-state index contributed by atoms with van der Waals surface area (Å²) in [5, 5.41) is 12.4. The van der Waals surface area contributed by atoms with E-state index in [9.17, 15) is 4.79 Å². The summed E-state index contributed by atoms with van der Waals surface area (Å²) in [6.07, 6.45) is 6.66. The Morgan fingerprint density at radius 2 is 2.00 bits per heavy atom. The van der Waals surface area contributed by atoms with Crippen molar-refractivity contribution in [3.8, 4) is 16.9 Å².